The molecule has 0 amide bonds. The van der Waals surface area contributed by atoms with E-state index in [2.05, 4.69) is 26.4 Å². The van der Waals surface area contributed by atoms with E-state index in [1.54, 1.807) is 29.0 Å². The Labute approximate surface area is 122 Å². The van der Waals surface area contributed by atoms with Gasteiger partial charge in [-0.1, -0.05) is 12.1 Å². The Morgan fingerprint density at radius 2 is 1.76 bits per heavy atom. The van der Waals surface area contributed by atoms with E-state index in [0.717, 1.165) is 0 Å². The number of nitrogens with two attached hydrogens (primary N) is 1. The zero-order valence-corrected chi connectivity index (χ0v) is 12.1. The van der Waals surface area contributed by atoms with Gasteiger partial charge in [-0.15, -0.1) is 0 Å². The van der Waals surface area contributed by atoms with Gasteiger partial charge in [0, 0.05) is 21.1 Å². The fourth-order valence-electron chi connectivity index (χ4n) is 1.74. The summed E-state index contributed by atoms with van der Waals surface area (Å²) >= 11 is 0. The highest BCUT2D eigenvalue weighted by atomic mass is 15.4. The van der Waals surface area contributed by atoms with Crippen molar-refractivity contribution < 1.29 is 0 Å². The highest BCUT2D eigenvalue weighted by Crippen LogP contribution is 2.25. The molecule has 0 radical (unpaired) electrons. The summed E-state index contributed by atoms with van der Waals surface area (Å²) in [6, 6.07) is 9.37. The monoisotopic (exact) mass is 284 g/mol. The molecule has 0 aliphatic carbocycles. The summed E-state index contributed by atoms with van der Waals surface area (Å²) in [5.41, 5.74) is 3.66. The number of hydrogen-bond donors (Lipinski definition) is 2. The third-order valence-electron chi connectivity index (χ3n) is 2.83. The lowest BCUT2D eigenvalue weighted by Crippen LogP contribution is -2.21. The lowest BCUT2D eigenvalue weighted by atomic mass is 10.2. The minimum Gasteiger partial charge on any atom is -0.347 e. The zero-order chi connectivity index (χ0) is 15.4. The van der Waals surface area contributed by atoms with Crippen LogP contribution in [0.1, 0.15) is 5.56 Å². The van der Waals surface area contributed by atoms with Crippen LogP contribution >= 0.6 is 0 Å². The number of aromatic nitrogens is 3. The first-order valence-electron chi connectivity index (χ1n) is 6.19. The molecule has 0 atom stereocenters. The molecule has 1 aromatic carbocycles. The molecule has 0 aliphatic heterocycles. The van der Waals surface area contributed by atoms with Gasteiger partial charge < -0.3 is 9.80 Å². The summed E-state index contributed by atoms with van der Waals surface area (Å²) in [4.78, 5) is 16.2. The Balaban J connectivity index is 2.50. The number of anilines is 4. The quantitative estimate of drug-likeness (QED) is 0.629. The van der Waals surface area contributed by atoms with E-state index < -0.39 is 0 Å². The Kier molecular flexibility index (Phi) is 4.15. The van der Waals surface area contributed by atoms with Crippen LogP contribution in [0.5, 0.6) is 0 Å². The predicted molar refractivity (Wildman–Crippen MR) is 81.2 cm³/mol. The number of nitrogens with one attached hydrogen (secondary N) is 1. The van der Waals surface area contributed by atoms with E-state index in [9.17, 15) is 5.26 Å². The largest absolute Gasteiger partial charge is 0.347 e. The van der Waals surface area contributed by atoms with Crippen LogP contribution in [-0.4, -0.2) is 36.1 Å². The summed E-state index contributed by atoms with van der Waals surface area (Å²) < 4.78 is 0. The molecule has 21 heavy (non-hydrogen) atoms. The number of rotatable bonds is 4. The third kappa shape index (κ3) is 2.98. The summed E-state index contributed by atoms with van der Waals surface area (Å²) in [7, 11) is 5.43. The first-order chi connectivity index (χ1) is 10.1. The van der Waals surface area contributed by atoms with Crippen molar-refractivity contribution in [1.29, 1.82) is 5.26 Å². The second kappa shape index (κ2) is 6.02. The first kappa shape index (κ1) is 14.5. The van der Waals surface area contributed by atoms with Crippen molar-refractivity contribution >= 4 is 23.5 Å². The molecule has 0 bridgehead atoms. The number of nitrogen functional groups attached to an aromatic ring is 1. The molecule has 2 aromatic rings. The average Bonchev–Trinajstić information content (AvgIpc) is 2.53. The topological polar surface area (TPSA) is 107 Å². The summed E-state index contributed by atoms with van der Waals surface area (Å²) in [5, 5.41) is 9.19. The average molecular weight is 284 g/mol. The van der Waals surface area contributed by atoms with Gasteiger partial charge in [0.1, 0.15) is 6.07 Å². The molecule has 0 saturated carbocycles. The maximum atomic E-state index is 9.19. The number of hydrogen-bond acceptors (Lipinski definition) is 8. The zero-order valence-electron chi connectivity index (χ0n) is 12.1. The van der Waals surface area contributed by atoms with Crippen LogP contribution in [0.2, 0.25) is 0 Å². The molecule has 0 saturated heterocycles. The van der Waals surface area contributed by atoms with Crippen LogP contribution < -0.4 is 21.1 Å². The second-order valence-corrected chi connectivity index (χ2v) is 4.49. The normalized spacial score (nSPS) is 9.86. The number of nitrogens with zero attached hydrogens (tertiary/aromatic N) is 6. The Bertz CT molecular complexity index is 676. The molecule has 0 spiro atoms. The molecule has 1 heterocycles. The van der Waals surface area contributed by atoms with Crippen LogP contribution in [0.25, 0.3) is 0 Å². The number of benzene rings is 1. The summed E-state index contributed by atoms with van der Waals surface area (Å²) in [5.74, 6) is 6.50. The van der Waals surface area contributed by atoms with Crippen molar-refractivity contribution in [2.75, 3.05) is 36.4 Å². The number of hydrazine groups is 1. The van der Waals surface area contributed by atoms with Gasteiger partial charge in [-0.3, -0.25) is 5.43 Å². The van der Waals surface area contributed by atoms with Crippen molar-refractivity contribution in [3.8, 4) is 6.07 Å². The fraction of sp³-hybridized carbons (Fsp3) is 0.231. The van der Waals surface area contributed by atoms with Crippen LogP contribution in [0, 0.1) is 11.3 Å². The third-order valence-corrected chi connectivity index (χ3v) is 2.83. The van der Waals surface area contributed by atoms with Crippen LogP contribution in [0.4, 0.5) is 23.5 Å². The van der Waals surface area contributed by atoms with E-state index >= 15 is 0 Å². The van der Waals surface area contributed by atoms with Crippen molar-refractivity contribution in [2.24, 2.45) is 5.84 Å². The molecular formula is C13H16N8. The molecule has 0 unspecified atom stereocenters. The molecule has 8 heteroatoms. The van der Waals surface area contributed by atoms with Gasteiger partial charge in [0.05, 0.1) is 11.3 Å². The lowest BCUT2D eigenvalue weighted by molar-refractivity contribution is 0.928. The number of nitriles is 1. The van der Waals surface area contributed by atoms with E-state index in [1.807, 2.05) is 26.2 Å². The minimum atomic E-state index is 0.255. The van der Waals surface area contributed by atoms with Gasteiger partial charge in [0.25, 0.3) is 0 Å². The number of para-hydroxylation sites is 1. The molecule has 0 fully saturated rings. The fourth-order valence-corrected chi connectivity index (χ4v) is 1.74. The van der Waals surface area contributed by atoms with Crippen LogP contribution in [0.3, 0.4) is 0 Å². The molecule has 3 N–H and O–H groups in total. The maximum Gasteiger partial charge on any atom is 0.243 e. The highest BCUT2D eigenvalue weighted by Gasteiger charge is 2.15. The lowest BCUT2D eigenvalue weighted by Gasteiger charge is -2.20. The van der Waals surface area contributed by atoms with Crippen molar-refractivity contribution in [2.45, 2.75) is 0 Å². The standard InChI is InChI=1S/C13H16N8/c1-20(2)12-16-11(19-15)17-13(18-12)21(3)10-7-5-4-6-9(10)8-14/h4-7H,15H2,1-3H3,(H,16,17,18,19). The highest BCUT2D eigenvalue weighted by molar-refractivity contribution is 5.65. The molecule has 0 aliphatic rings. The minimum absolute atomic E-state index is 0.255. The summed E-state index contributed by atoms with van der Waals surface area (Å²) in [6.45, 7) is 0. The van der Waals surface area contributed by atoms with E-state index in [1.165, 1.54) is 0 Å². The van der Waals surface area contributed by atoms with Gasteiger partial charge in [0.15, 0.2) is 0 Å². The van der Waals surface area contributed by atoms with Crippen molar-refractivity contribution in [3.05, 3.63) is 29.8 Å². The van der Waals surface area contributed by atoms with Gasteiger partial charge in [-0.2, -0.15) is 20.2 Å². The van der Waals surface area contributed by atoms with Gasteiger partial charge in [-0.05, 0) is 12.1 Å². The van der Waals surface area contributed by atoms with Crippen molar-refractivity contribution in [3.63, 3.8) is 0 Å². The SMILES string of the molecule is CN(C)c1nc(NN)nc(N(C)c2ccccc2C#N)n1. The molecule has 2 rings (SSSR count). The molecule has 108 valence electrons. The summed E-state index contributed by atoms with van der Waals surface area (Å²) in [6.07, 6.45) is 0. The van der Waals surface area contributed by atoms with Gasteiger partial charge in [0.2, 0.25) is 17.8 Å². The smallest absolute Gasteiger partial charge is 0.243 e. The van der Waals surface area contributed by atoms with E-state index in [0.29, 0.717) is 23.1 Å². The molecule has 8 nitrogen and oxygen atoms in total. The Morgan fingerprint density at radius 3 is 2.38 bits per heavy atom. The molecular weight excluding hydrogens is 268 g/mol. The van der Waals surface area contributed by atoms with Gasteiger partial charge >= 0.3 is 0 Å². The maximum absolute atomic E-state index is 9.19. The predicted octanol–water partition coefficient (Wildman–Crippen LogP) is 0.863. The van der Waals surface area contributed by atoms with E-state index in [4.69, 9.17) is 5.84 Å². The van der Waals surface area contributed by atoms with Crippen LogP contribution in [-0.2, 0) is 0 Å². The second-order valence-electron chi connectivity index (χ2n) is 4.49. The Morgan fingerprint density at radius 1 is 1.10 bits per heavy atom. The van der Waals surface area contributed by atoms with Crippen molar-refractivity contribution in [1.82, 2.24) is 15.0 Å². The molecule has 1 aromatic heterocycles. The van der Waals surface area contributed by atoms with Crippen LogP contribution in [0.15, 0.2) is 24.3 Å². The van der Waals surface area contributed by atoms with E-state index in [-0.39, 0.29) is 5.95 Å². The first-order valence-corrected chi connectivity index (χ1v) is 6.19. The Hall–Kier alpha value is -2.92. The van der Waals surface area contributed by atoms with Gasteiger partial charge in [-0.25, -0.2) is 5.84 Å².